The molecule has 12 rings (SSSR count). The van der Waals surface area contributed by atoms with Crippen LogP contribution in [0.5, 0.6) is 0 Å². The van der Waals surface area contributed by atoms with Gasteiger partial charge in [-0.2, -0.15) is 0 Å². The fourth-order valence-electron chi connectivity index (χ4n) is 10.5. The van der Waals surface area contributed by atoms with Gasteiger partial charge in [0.05, 0.1) is 0 Å². The van der Waals surface area contributed by atoms with Crippen LogP contribution in [0.2, 0.25) is 0 Å². The van der Waals surface area contributed by atoms with Gasteiger partial charge in [-0.1, -0.05) is 143 Å². The van der Waals surface area contributed by atoms with E-state index in [2.05, 4.69) is 179 Å². The Kier molecular flexibility index (Phi) is 5.98. The van der Waals surface area contributed by atoms with Crippen LogP contribution >= 0.6 is 0 Å². The predicted molar refractivity (Wildman–Crippen MR) is 232 cm³/mol. The van der Waals surface area contributed by atoms with Crippen molar-refractivity contribution >= 4 is 54.3 Å². The van der Waals surface area contributed by atoms with Crippen LogP contribution in [0.1, 0.15) is 49.9 Å². The monoisotopic (exact) mass is 702 g/mol. The van der Waals surface area contributed by atoms with E-state index in [9.17, 15) is 0 Å². The normalized spacial score (nSPS) is 14.8. The van der Waals surface area contributed by atoms with Crippen LogP contribution < -0.4 is 0 Å². The molecule has 9 aromatic carbocycles. The molecule has 0 fully saturated rings. The third kappa shape index (κ3) is 4.08. The topological polar surface area (TPSA) is 13.1 Å². The lowest BCUT2D eigenvalue weighted by Gasteiger charge is -2.23. The van der Waals surface area contributed by atoms with E-state index in [0.29, 0.717) is 0 Å². The summed E-state index contributed by atoms with van der Waals surface area (Å²) in [4.78, 5) is 0. The molecule has 0 radical (unpaired) electrons. The van der Waals surface area contributed by atoms with Crippen molar-refractivity contribution in [1.29, 1.82) is 0 Å². The molecule has 0 atom stereocenters. The number of hydrogen-bond acceptors (Lipinski definition) is 1. The molecule has 260 valence electrons. The van der Waals surface area contributed by atoms with E-state index in [1.165, 1.54) is 110 Å². The van der Waals surface area contributed by atoms with Gasteiger partial charge in [-0.15, -0.1) is 0 Å². The molecule has 0 spiro atoms. The SMILES string of the molecule is CC1(C)c2ccccc2-c2ccc(-c3c4ccccc4c(-c4ccc5c(c4)-c4cc6cc7c(cc6cc4C5(C)C)oc4ccccc47)c4ccccc34)cc21. The molecule has 0 N–H and O–H groups in total. The molecular weight excluding hydrogens is 665 g/mol. The number of furan rings is 1. The molecule has 2 aliphatic rings. The standard InChI is InChI=1S/C54H38O/c1-53(2)45-19-11-9-13-35(45)36-23-21-32(28-47(36)53)52-40-17-7-5-15-38(40)51(39-16-6-8-18-41(39)52)31-22-24-46-42(25-31)43-26-33-27-44-37-14-10-12-20-49(37)55-50(44)30-34(33)29-48(43)54(46,3)4/h5-30H,1-4H3. The highest BCUT2D eigenvalue weighted by Gasteiger charge is 2.37. The molecular formula is C54H38O. The smallest absolute Gasteiger partial charge is 0.136 e. The Balaban J connectivity index is 1.08. The molecule has 0 bridgehead atoms. The van der Waals surface area contributed by atoms with Gasteiger partial charge in [0.2, 0.25) is 0 Å². The molecule has 1 heterocycles. The maximum atomic E-state index is 6.31. The minimum atomic E-state index is -0.130. The molecule has 0 unspecified atom stereocenters. The van der Waals surface area contributed by atoms with Crippen LogP contribution in [0.15, 0.2) is 162 Å². The average Bonchev–Trinajstić information content (AvgIpc) is 3.76. The second-order valence-electron chi connectivity index (χ2n) is 16.8. The second-order valence-corrected chi connectivity index (χ2v) is 16.8. The molecule has 1 heteroatoms. The van der Waals surface area contributed by atoms with Gasteiger partial charge in [0.1, 0.15) is 11.2 Å². The van der Waals surface area contributed by atoms with E-state index >= 15 is 0 Å². The lowest BCUT2D eigenvalue weighted by atomic mass is 9.80. The van der Waals surface area contributed by atoms with Crippen LogP contribution in [0.4, 0.5) is 0 Å². The highest BCUT2D eigenvalue weighted by atomic mass is 16.3. The molecule has 55 heavy (non-hydrogen) atoms. The highest BCUT2D eigenvalue weighted by molar-refractivity contribution is 6.22. The Morgan fingerprint density at radius 2 is 0.836 bits per heavy atom. The Morgan fingerprint density at radius 1 is 0.327 bits per heavy atom. The quantitative estimate of drug-likeness (QED) is 0.163. The summed E-state index contributed by atoms with van der Waals surface area (Å²) in [7, 11) is 0. The number of benzene rings is 9. The van der Waals surface area contributed by atoms with E-state index in [4.69, 9.17) is 4.42 Å². The van der Waals surface area contributed by atoms with Gasteiger partial charge < -0.3 is 4.42 Å². The molecule has 0 saturated heterocycles. The second kappa shape index (κ2) is 10.6. The summed E-state index contributed by atoms with van der Waals surface area (Å²) in [6.45, 7) is 9.49. The fraction of sp³-hybridized carbons (Fsp3) is 0.111. The van der Waals surface area contributed by atoms with Gasteiger partial charge in [0.25, 0.3) is 0 Å². The number of fused-ring (bicyclic) bond motifs is 12. The molecule has 1 aromatic heterocycles. The molecule has 0 saturated carbocycles. The summed E-state index contributed by atoms with van der Waals surface area (Å²) in [5, 5.41) is 9.93. The molecule has 10 aromatic rings. The lowest BCUT2D eigenvalue weighted by molar-refractivity contribution is 0.660. The Hall–Kier alpha value is -6.44. The largest absolute Gasteiger partial charge is 0.456 e. The summed E-state index contributed by atoms with van der Waals surface area (Å²) >= 11 is 0. The average molecular weight is 703 g/mol. The van der Waals surface area contributed by atoms with Gasteiger partial charge in [-0.05, 0) is 142 Å². The maximum Gasteiger partial charge on any atom is 0.136 e. The molecule has 0 aliphatic heterocycles. The van der Waals surface area contributed by atoms with Crippen molar-refractivity contribution in [2.75, 3.05) is 0 Å². The number of hydrogen-bond donors (Lipinski definition) is 0. The van der Waals surface area contributed by atoms with Crippen molar-refractivity contribution in [1.82, 2.24) is 0 Å². The van der Waals surface area contributed by atoms with E-state index in [1.807, 2.05) is 6.07 Å². The Morgan fingerprint density at radius 3 is 1.55 bits per heavy atom. The van der Waals surface area contributed by atoms with Crippen molar-refractivity contribution < 1.29 is 4.42 Å². The third-order valence-electron chi connectivity index (χ3n) is 13.2. The lowest BCUT2D eigenvalue weighted by Crippen LogP contribution is -2.14. The Bertz CT molecular complexity index is 3260. The minimum absolute atomic E-state index is 0.0639. The van der Waals surface area contributed by atoms with Crippen molar-refractivity contribution in [3.8, 4) is 44.5 Å². The van der Waals surface area contributed by atoms with Gasteiger partial charge in [0, 0.05) is 21.6 Å². The van der Waals surface area contributed by atoms with Crippen LogP contribution in [0.3, 0.4) is 0 Å². The van der Waals surface area contributed by atoms with Gasteiger partial charge in [0.15, 0.2) is 0 Å². The first-order chi connectivity index (χ1) is 26.8. The summed E-state index contributed by atoms with van der Waals surface area (Å²) < 4.78 is 6.31. The van der Waals surface area contributed by atoms with Crippen molar-refractivity contribution in [2.24, 2.45) is 0 Å². The van der Waals surface area contributed by atoms with Crippen molar-refractivity contribution in [3.05, 3.63) is 180 Å². The van der Waals surface area contributed by atoms with E-state index in [0.717, 1.165) is 11.2 Å². The first kappa shape index (κ1) is 31.0. The molecule has 2 aliphatic carbocycles. The van der Waals surface area contributed by atoms with Gasteiger partial charge in [-0.25, -0.2) is 0 Å². The maximum absolute atomic E-state index is 6.31. The number of para-hydroxylation sites is 1. The zero-order chi connectivity index (χ0) is 36.8. The summed E-state index contributed by atoms with van der Waals surface area (Å²) in [6.07, 6.45) is 0. The van der Waals surface area contributed by atoms with Gasteiger partial charge >= 0.3 is 0 Å². The minimum Gasteiger partial charge on any atom is -0.456 e. The van der Waals surface area contributed by atoms with Crippen LogP contribution in [0.25, 0.3) is 98.8 Å². The highest BCUT2D eigenvalue weighted by Crippen LogP contribution is 2.54. The molecule has 1 nitrogen and oxygen atoms in total. The van der Waals surface area contributed by atoms with E-state index in [-0.39, 0.29) is 10.8 Å². The first-order valence-corrected chi connectivity index (χ1v) is 19.5. The van der Waals surface area contributed by atoms with Crippen molar-refractivity contribution in [2.45, 2.75) is 38.5 Å². The summed E-state index contributed by atoms with van der Waals surface area (Å²) in [5.41, 5.74) is 17.7. The first-order valence-electron chi connectivity index (χ1n) is 19.5. The zero-order valence-electron chi connectivity index (χ0n) is 31.4. The van der Waals surface area contributed by atoms with Crippen LogP contribution in [0, 0.1) is 0 Å². The molecule has 0 amide bonds. The van der Waals surface area contributed by atoms with Crippen LogP contribution in [-0.4, -0.2) is 0 Å². The zero-order valence-corrected chi connectivity index (χ0v) is 31.4. The summed E-state index contributed by atoms with van der Waals surface area (Å²) in [6, 6.07) is 59.2. The fourth-order valence-corrected chi connectivity index (χ4v) is 10.5. The van der Waals surface area contributed by atoms with E-state index in [1.54, 1.807) is 0 Å². The predicted octanol–water partition coefficient (Wildman–Crippen LogP) is 15.0. The Labute approximate surface area is 320 Å². The van der Waals surface area contributed by atoms with Gasteiger partial charge in [-0.3, -0.25) is 0 Å². The summed E-state index contributed by atoms with van der Waals surface area (Å²) in [5.74, 6) is 0. The number of rotatable bonds is 2. The third-order valence-corrected chi connectivity index (χ3v) is 13.2. The van der Waals surface area contributed by atoms with Crippen LogP contribution in [-0.2, 0) is 10.8 Å². The van der Waals surface area contributed by atoms with E-state index < -0.39 is 0 Å². The van der Waals surface area contributed by atoms with Crippen molar-refractivity contribution in [3.63, 3.8) is 0 Å².